The molecule has 0 spiro atoms. The number of aromatic nitrogens is 3. The van der Waals surface area contributed by atoms with Crippen molar-refractivity contribution in [3.05, 3.63) is 22.4 Å². The Morgan fingerprint density at radius 1 is 1.39 bits per heavy atom. The lowest BCUT2D eigenvalue weighted by atomic mass is 10.2. The summed E-state index contributed by atoms with van der Waals surface area (Å²) in [6.07, 6.45) is 0.889. The summed E-state index contributed by atoms with van der Waals surface area (Å²) in [6, 6.07) is 1.66. The van der Waals surface area contributed by atoms with Crippen LogP contribution in [0.5, 0.6) is 0 Å². The van der Waals surface area contributed by atoms with E-state index in [1.807, 2.05) is 0 Å². The fraction of sp³-hybridized carbons (Fsp3) is 0.429. The van der Waals surface area contributed by atoms with Crippen molar-refractivity contribution in [2.45, 2.75) is 33.3 Å². The van der Waals surface area contributed by atoms with Gasteiger partial charge in [-0.25, -0.2) is 19.1 Å². The number of hydrogen-bond donors (Lipinski definition) is 1. The standard InChI is InChI=1S/C14H17BrN4O4/c1-5-22-12(20)9-10(17-13(21)23-14(2,3)4)18-19-7-6-8(15)16-11(9)19/h6-7H,5H2,1-4H3,(H,17,18,21). The topological polar surface area (TPSA) is 94.8 Å². The van der Waals surface area contributed by atoms with Crippen LogP contribution in [0.3, 0.4) is 0 Å². The van der Waals surface area contributed by atoms with Gasteiger partial charge in [-0.1, -0.05) is 0 Å². The summed E-state index contributed by atoms with van der Waals surface area (Å²) in [5.41, 5.74) is -0.336. The van der Waals surface area contributed by atoms with Crippen molar-refractivity contribution in [1.29, 1.82) is 0 Å². The monoisotopic (exact) mass is 384 g/mol. The molecule has 0 aliphatic rings. The van der Waals surface area contributed by atoms with E-state index in [-0.39, 0.29) is 23.6 Å². The molecule has 2 aromatic rings. The van der Waals surface area contributed by atoms with Crippen LogP contribution >= 0.6 is 15.9 Å². The quantitative estimate of drug-likeness (QED) is 0.645. The molecule has 0 saturated carbocycles. The lowest BCUT2D eigenvalue weighted by molar-refractivity contribution is 0.0529. The van der Waals surface area contributed by atoms with Crippen molar-refractivity contribution < 1.29 is 19.1 Å². The Morgan fingerprint density at radius 3 is 2.70 bits per heavy atom. The number of fused-ring (bicyclic) bond motifs is 1. The molecule has 0 unspecified atom stereocenters. The van der Waals surface area contributed by atoms with Crippen LogP contribution in [-0.4, -0.2) is 38.9 Å². The molecule has 0 fully saturated rings. The number of rotatable bonds is 3. The average Bonchev–Trinajstić information content (AvgIpc) is 2.73. The van der Waals surface area contributed by atoms with Crippen molar-refractivity contribution in [3.63, 3.8) is 0 Å². The number of ether oxygens (including phenoxy) is 2. The molecular formula is C14H17BrN4O4. The predicted molar refractivity (Wildman–Crippen MR) is 86.5 cm³/mol. The highest BCUT2D eigenvalue weighted by Gasteiger charge is 2.25. The fourth-order valence-electron chi connectivity index (χ4n) is 1.79. The number of carbonyl (C=O) groups is 2. The summed E-state index contributed by atoms with van der Waals surface area (Å²) in [7, 11) is 0. The Bertz CT molecular complexity index is 751. The summed E-state index contributed by atoms with van der Waals surface area (Å²) in [6.45, 7) is 7.09. The number of carbonyl (C=O) groups excluding carboxylic acids is 2. The minimum atomic E-state index is -0.717. The zero-order chi connectivity index (χ0) is 17.2. The van der Waals surface area contributed by atoms with Gasteiger partial charge in [-0.05, 0) is 49.7 Å². The molecule has 0 atom stereocenters. The molecule has 0 aliphatic heterocycles. The van der Waals surface area contributed by atoms with Gasteiger partial charge in [-0.2, -0.15) is 0 Å². The van der Waals surface area contributed by atoms with E-state index < -0.39 is 17.7 Å². The number of esters is 1. The van der Waals surface area contributed by atoms with E-state index in [0.717, 1.165) is 0 Å². The summed E-state index contributed by atoms with van der Waals surface area (Å²) >= 11 is 3.24. The van der Waals surface area contributed by atoms with Crippen LogP contribution in [0.2, 0.25) is 0 Å². The average molecular weight is 385 g/mol. The molecule has 1 amide bonds. The van der Waals surface area contributed by atoms with E-state index in [2.05, 4.69) is 31.3 Å². The third-order valence-corrected chi connectivity index (χ3v) is 2.99. The maximum absolute atomic E-state index is 12.2. The number of amides is 1. The molecule has 124 valence electrons. The first kappa shape index (κ1) is 17.2. The van der Waals surface area contributed by atoms with Crippen molar-refractivity contribution in [3.8, 4) is 0 Å². The van der Waals surface area contributed by atoms with Crippen LogP contribution in [0.4, 0.5) is 10.6 Å². The van der Waals surface area contributed by atoms with Gasteiger partial charge in [0.1, 0.15) is 15.8 Å². The number of hydrogen-bond acceptors (Lipinski definition) is 6. The maximum Gasteiger partial charge on any atom is 0.413 e. The lowest BCUT2D eigenvalue weighted by Crippen LogP contribution is -2.28. The number of anilines is 1. The summed E-state index contributed by atoms with van der Waals surface area (Å²) in [5.74, 6) is -0.595. The van der Waals surface area contributed by atoms with Gasteiger partial charge in [0.2, 0.25) is 0 Å². The second-order valence-corrected chi connectivity index (χ2v) is 6.40. The van der Waals surface area contributed by atoms with E-state index in [1.54, 1.807) is 40.0 Å². The van der Waals surface area contributed by atoms with Crippen LogP contribution in [0.15, 0.2) is 16.9 Å². The Morgan fingerprint density at radius 2 is 2.09 bits per heavy atom. The highest BCUT2D eigenvalue weighted by atomic mass is 79.9. The second kappa shape index (κ2) is 6.53. The first-order valence-corrected chi connectivity index (χ1v) is 7.72. The molecule has 0 radical (unpaired) electrons. The molecule has 2 rings (SSSR count). The zero-order valence-electron chi connectivity index (χ0n) is 13.2. The Kier molecular flexibility index (Phi) is 4.88. The first-order chi connectivity index (χ1) is 10.7. The molecular weight excluding hydrogens is 368 g/mol. The molecule has 0 aromatic carbocycles. The highest BCUT2D eigenvalue weighted by molar-refractivity contribution is 9.10. The van der Waals surface area contributed by atoms with E-state index in [1.165, 1.54) is 4.52 Å². The second-order valence-electron chi connectivity index (χ2n) is 5.59. The SMILES string of the molecule is CCOC(=O)c1c(NC(=O)OC(C)(C)C)nn2ccc(Br)nc12. The van der Waals surface area contributed by atoms with Crippen molar-refractivity contribution in [2.24, 2.45) is 0 Å². The van der Waals surface area contributed by atoms with Crippen LogP contribution in [-0.2, 0) is 9.47 Å². The van der Waals surface area contributed by atoms with Crippen LogP contribution in [0.25, 0.3) is 5.65 Å². The highest BCUT2D eigenvalue weighted by Crippen LogP contribution is 2.22. The van der Waals surface area contributed by atoms with E-state index in [9.17, 15) is 9.59 Å². The van der Waals surface area contributed by atoms with Gasteiger partial charge >= 0.3 is 12.1 Å². The number of halogens is 1. The summed E-state index contributed by atoms with van der Waals surface area (Å²) in [5, 5.41) is 6.61. The Labute approximate surface area is 141 Å². The predicted octanol–water partition coefficient (Wildman–Crippen LogP) is 3.02. The van der Waals surface area contributed by atoms with Gasteiger partial charge in [0.05, 0.1) is 6.61 Å². The molecule has 1 N–H and O–H groups in total. The van der Waals surface area contributed by atoms with Crippen molar-refractivity contribution in [2.75, 3.05) is 11.9 Å². The molecule has 9 heteroatoms. The van der Waals surface area contributed by atoms with Gasteiger partial charge < -0.3 is 9.47 Å². The maximum atomic E-state index is 12.2. The minimum absolute atomic E-state index is 0.0308. The molecule has 23 heavy (non-hydrogen) atoms. The third-order valence-electron chi connectivity index (χ3n) is 2.55. The van der Waals surface area contributed by atoms with Crippen LogP contribution < -0.4 is 5.32 Å². The van der Waals surface area contributed by atoms with Gasteiger partial charge in [0.25, 0.3) is 0 Å². The summed E-state index contributed by atoms with van der Waals surface area (Å²) in [4.78, 5) is 28.3. The third kappa shape index (κ3) is 4.19. The fourth-order valence-corrected chi connectivity index (χ4v) is 2.07. The zero-order valence-corrected chi connectivity index (χ0v) is 14.8. The Hall–Kier alpha value is -2.16. The molecule has 8 nitrogen and oxygen atoms in total. The summed E-state index contributed by atoms with van der Waals surface area (Å²) < 4.78 is 12.1. The van der Waals surface area contributed by atoms with E-state index >= 15 is 0 Å². The molecule has 0 saturated heterocycles. The molecule has 2 aromatic heterocycles. The van der Waals surface area contributed by atoms with E-state index in [0.29, 0.717) is 4.60 Å². The van der Waals surface area contributed by atoms with Gasteiger partial charge in [-0.3, -0.25) is 5.32 Å². The largest absolute Gasteiger partial charge is 0.462 e. The molecule has 0 aliphatic carbocycles. The van der Waals surface area contributed by atoms with E-state index in [4.69, 9.17) is 9.47 Å². The van der Waals surface area contributed by atoms with Gasteiger partial charge in [0, 0.05) is 6.20 Å². The van der Waals surface area contributed by atoms with Crippen LogP contribution in [0, 0.1) is 0 Å². The number of nitrogens with one attached hydrogen (secondary N) is 1. The lowest BCUT2D eigenvalue weighted by Gasteiger charge is -2.19. The smallest absolute Gasteiger partial charge is 0.413 e. The normalized spacial score (nSPS) is 11.3. The first-order valence-electron chi connectivity index (χ1n) is 6.93. The van der Waals surface area contributed by atoms with Crippen molar-refractivity contribution >= 4 is 39.5 Å². The Balaban J connectivity index is 2.43. The molecule has 2 heterocycles. The molecule has 0 bridgehead atoms. The van der Waals surface area contributed by atoms with Gasteiger partial charge in [0.15, 0.2) is 11.5 Å². The van der Waals surface area contributed by atoms with Gasteiger partial charge in [-0.15, -0.1) is 5.10 Å². The minimum Gasteiger partial charge on any atom is -0.462 e. The van der Waals surface area contributed by atoms with Crippen molar-refractivity contribution in [1.82, 2.24) is 14.6 Å². The van der Waals surface area contributed by atoms with Crippen LogP contribution in [0.1, 0.15) is 38.1 Å². The number of nitrogens with zero attached hydrogens (tertiary/aromatic N) is 3.